The summed E-state index contributed by atoms with van der Waals surface area (Å²) < 4.78 is 8.15. The Labute approximate surface area is 181 Å². The van der Waals surface area contributed by atoms with Gasteiger partial charge in [0.05, 0.1) is 27.9 Å². The number of fused-ring (bicyclic) bond motifs is 2. The van der Waals surface area contributed by atoms with Gasteiger partial charge in [-0.25, -0.2) is 0 Å². The van der Waals surface area contributed by atoms with E-state index < -0.39 is 0 Å². The molecule has 0 radical (unpaired) electrons. The standard InChI is InChI=1S/C22H16Cl2N2O2S/c1-3-8-26-20-17(24)11-15(23)12-19(20)29-22(26)25-21(27)16-9-13-6-4-5-7-14(13)10-18(16)28-2/h3-7,9-12H,1,8H2,2H3. The Balaban J connectivity index is 1.92. The third-order valence-corrected chi connectivity index (χ3v) is 6.03. The molecule has 0 spiro atoms. The van der Waals surface area contributed by atoms with Crippen LogP contribution in [0.5, 0.6) is 5.75 Å². The van der Waals surface area contributed by atoms with Crippen molar-refractivity contribution in [3.8, 4) is 5.75 Å². The van der Waals surface area contributed by atoms with Crippen LogP contribution in [0.15, 0.2) is 66.2 Å². The number of aromatic nitrogens is 1. The van der Waals surface area contributed by atoms with E-state index in [0.29, 0.717) is 32.7 Å². The van der Waals surface area contributed by atoms with Crippen molar-refractivity contribution < 1.29 is 9.53 Å². The Hall–Kier alpha value is -2.60. The van der Waals surface area contributed by atoms with Crippen LogP contribution < -0.4 is 9.54 Å². The fourth-order valence-electron chi connectivity index (χ4n) is 3.22. The van der Waals surface area contributed by atoms with E-state index in [4.69, 9.17) is 27.9 Å². The summed E-state index contributed by atoms with van der Waals surface area (Å²) in [7, 11) is 1.54. The second kappa shape index (κ2) is 8.03. The van der Waals surface area contributed by atoms with Crippen molar-refractivity contribution in [2.75, 3.05) is 7.11 Å². The molecule has 1 heterocycles. The molecular formula is C22H16Cl2N2O2S. The normalized spacial score (nSPS) is 11.9. The molecule has 0 atom stereocenters. The van der Waals surface area contributed by atoms with Crippen molar-refractivity contribution >= 4 is 61.4 Å². The van der Waals surface area contributed by atoms with E-state index in [-0.39, 0.29) is 5.91 Å². The molecule has 0 fully saturated rings. The summed E-state index contributed by atoms with van der Waals surface area (Å²) in [6, 6.07) is 14.9. The molecule has 3 aromatic carbocycles. The van der Waals surface area contributed by atoms with Gasteiger partial charge in [-0.15, -0.1) is 6.58 Å². The van der Waals surface area contributed by atoms with Crippen molar-refractivity contribution in [3.05, 3.63) is 81.6 Å². The molecule has 0 saturated heterocycles. The number of hydrogen-bond acceptors (Lipinski definition) is 3. The minimum Gasteiger partial charge on any atom is -0.496 e. The number of carbonyl (C=O) groups is 1. The molecule has 0 unspecified atom stereocenters. The fraction of sp³-hybridized carbons (Fsp3) is 0.0909. The highest BCUT2D eigenvalue weighted by molar-refractivity contribution is 7.16. The lowest BCUT2D eigenvalue weighted by Crippen LogP contribution is -2.16. The molecule has 7 heteroatoms. The van der Waals surface area contributed by atoms with Gasteiger partial charge in [0.2, 0.25) is 0 Å². The molecule has 4 nitrogen and oxygen atoms in total. The van der Waals surface area contributed by atoms with Gasteiger partial charge in [0, 0.05) is 11.6 Å². The predicted octanol–water partition coefficient (Wildman–Crippen LogP) is 6.10. The molecule has 0 aliphatic rings. The Morgan fingerprint density at radius 2 is 1.93 bits per heavy atom. The Kier molecular flexibility index (Phi) is 5.46. The molecule has 4 aromatic rings. The van der Waals surface area contributed by atoms with Crippen molar-refractivity contribution in [1.82, 2.24) is 4.57 Å². The number of carbonyl (C=O) groups excluding carboxylic acids is 1. The monoisotopic (exact) mass is 442 g/mol. The van der Waals surface area contributed by atoms with E-state index in [1.54, 1.807) is 25.3 Å². The number of nitrogens with zero attached hydrogens (tertiary/aromatic N) is 2. The number of amides is 1. The summed E-state index contributed by atoms with van der Waals surface area (Å²) >= 11 is 13.9. The average molecular weight is 443 g/mol. The van der Waals surface area contributed by atoms with E-state index in [1.165, 1.54) is 11.3 Å². The first kappa shape index (κ1) is 19.7. The Morgan fingerprint density at radius 3 is 2.62 bits per heavy atom. The van der Waals surface area contributed by atoms with Gasteiger partial charge in [-0.1, -0.05) is 64.9 Å². The van der Waals surface area contributed by atoms with Gasteiger partial charge in [0.1, 0.15) is 5.75 Å². The smallest absolute Gasteiger partial charge is 0.283 e. The highest BCUT2D eigenvalue weighted by Crippen LogP contribution is 2.30. The molecule has 0 aliphatic heterocycles. The third kappa shape index (κ3) is 3.69. The average Bonchev–Trinajstić information content (AvgIpc) is 3.04. The van der Waals surface area contributed by atoms with Crippen molar-refractivity contribution in [2.24, 2.45) is 4.99 Å². The molecular weight excluding hydrogens is 427 g/mol. The quantitative estimate of drug-likeness (QED) is 0.358. The molecule has 29 heavy (non-hydrogen) atoms. The number of hydrogen-bond donors (Lipinski definition) is 0. The second-order valence-corrected chi connectivity index (χ2v) is 8.19. The van der Waals surface area contributed by atoms with Crippen LogP contribution in [-0.4, -0.2) is 17.6 Å². The van der Waals surface area contributed by atoms with Gasteiger partial charge < -0.3 is 9.30 Å². The zero-order valence-electron chi connectivity index (χ0n) is 15.5. The number of rotatable bonds is 4. The van der Waals surface area contributed by atoms with Crippen LogP contribution in [0.3, 0.4) is 0 Å². The molecule has 4 rings (SSSR count). The first-order valence-electron chi connectivity index (χ1n) is 8.77. The molecule has 1 aromatic heterocycles. The maximum atomic E-state index is 13.1. The van der Waals surface area contributed by atoms with Crippen LogP contribution in [0, 0.1) is 0 Å². The van der Waals surface area contributed by atoms with E-state index in [9.17, 15) is 4.79 Å². The van der Waals surface area contributed by atoms with Crippen LogP contribution in [0.1, 0.15) is 10.4 Å². The fourth-order valence-corrected chi connectivity index (χ4v) is 5.04. The van der Waals surface area contributed by atoms with E-state index in [0.717, 1.165) is 21.0 Å². The van der Waals surface area contributed by atoms with E-state index in [2.05, 4.69) is 11.6 Å². The Morgan fingerprint density at radius 1 is 1.21 bits per heavy atom. The summed E-state index contributed by atoms with van der Waals surface area (Å²) in [6.07, 6.45) is 1.73. The summed E-state index contributed by atoms with van der Waals surface area (Å²) in [5, 5.41) is 2.97. The molecule has 0 aliphatic carbocycles. The lowest BCUT2D eigenvalue weighted by atomic mass is 10.1. The maximum absolute atomic E-state index is 13.1. The first-order chi connectivity index (χ1) is 14.0. The topological polar surface area (TPSA) is 43.6 Å². The van der Waals surface area contributed by atoms with Gasteiger partial charge in [0.15, 0.2) is 4.80 Å². The largest absolute Gasteiger partial charge is 0.496 e. The van der Waals surface area contributed by atoms with E-state index >= 15 is 0 Å². The number of ether oxygens (including phenoxy) is 1. The van der Waals surface area contributed by atoms with Gasteiger partial charge in [-0.05, 0) is 35.0 Å². The number of halogens is 2. The molecule has 0 saturated carbocycles. The third-order valence-electron chi connectivity index (χ3n) is 4.50. The van der Waals surface area contributed by atoms with Crippen molar-refractivity contribution in [2.45, 2.75) is 6.54 Å². The maximum Gasteiger partial charge on any atom is 0.283 e. The SMILES string of the molecule is C=CCn1c(=NC(=O)c2cc3ccccc3cc2OC)sc2cc(Cl)cc(Cl)c21. The second-order valence-electron chi connectivity index (χ2n) is 6.33. The first-order valence-corrected chi connectivity index (χ1v) is 10.3. The summed E-state index contributed by atoms with van der Waals surface area (Å²) in [4.78, 5) is 18.0. The summed E-state index contributed by atoms with van der Waals surface area (Å²) in [6.45, 7) is 4.26. The summed E-state index contributed by atoms with van der Waals surface area (Å²) in [5.41, 5.74) is 1.18. The Bertz CT molecular complexity index is 1340. The molecule has 0 N–H and O–H groups in total. The van der Waals surface area contributed by atoms with Crippen LogP contribution >= 0.6 is 34.5 Å². The zero-order valence-corrected chi connectivity index (χ0v) is 17.8. The van der Waals surface area contributed by atoms with Crippen LogP contribution in [0.4, 0.5) is 0 Å². The minimum atomic E-state index is -0.390. The van der Waals surface area contributed by atoms with Crippen LogP contribution in [0.2, 0.25) is 10.0 Å². The zero-order chi connectivity index (χ0) is 20.5. The number of thiazole rings is 1. The van der Waals surface area contributed by atoms with Gasteiger partial charge >= 0.3 is 0 Å². The van der Waals surface area contributed by atoms with Crippen LogP contribution in [-0.2, 0) is 6.54 Å². The van der Waals surface area contributed by atoms with Crippen LogP contribution in [0.25, 0.3) is 21.0 Å². The van der Waals surface area contributed by atoms with Gasteiger partial charge in [0.25, 0.3) is 5.91 Å². The van der Waals surface area contributed by atoms with Gasteiger partial charge in [-0.3, -0.25) is 4.79 Å². The van der Waals surface area contributed by atoms with Crippen molar-refractivity contribution in [1.29, 1.82) is 0 Å². The lowest BCUT2D eigenvalue weighted by molar-refractivity contribution is 0.0995. The highest BCUT2D eigenvalue weighted by Gasteiger charge is 2.16. The number of methoxy groups -OCH3 is 1. The molecule has 0 bridgehead atoms. The lowest BCUT2D eigenvalue weighted by Gasteiger charge is -2.08. The van der Waals surface area contributed by atoms with Crippen molar-refractivity contribution in [3.63, 3.8) is 0 Å². The minimum absolute atomic E-state index is 0.390. The predicted molar refractivity (Wildman–Crippen MR) is 120 cm³/mol. The summed E-state index contributed by atoms with van der Waals surface area (Å²) in [5.74, 6) is 0.0918. The van der Waals surface area contributed by atoms with E-state index in [1.807, 2.05) is 41.0 Å². The molecule has 146 valence electrons. The van der Waals surface area contributed by atoms with Gasteiger partial charge in [-0.2, -0.15) is 4.99 Å². The highest BCUT2D eigenvalue weighted by atomic mass is 35.5. The molecule has 1 amide bonds. The number of allylic oxidation sites excluding steroid dienone is 1. The number of benzene rings is 3.